The van der Waals surface area contributed by atoms with Gasteiger partial charge in [-0.1, -0.05) is 42.8 Å². The molecule has 2 aromatic carbocycles. The smallest absolute Gasteiger partial charge is 0.270 e. The number of nitrogens with one attached hydrogen (secondary N) is 1. The Morgan fingerprint density at radius 3 is 2.66 bits per heavy atom. The Morgan fingerprint density at radius 1 is 1.21 bits per heavy atom. The molecule has 1 heterocycles. The van der Waals surface area contributed by atoms with Gasteiger partial charge in [0.05, 0.1) is 11.8 Å². The molecule has 0 bridgehead atoms. The number of carbonyl (C=O) groups is 2. The van der Waals surface area contributed by atoms with Crippen molar-refractivity contribution < 1.29 is 14.3 Å². The van der Waals surface area contributed by atoms with Crippen LogP contribution in [0.2, 0.25) is 5.02 Å². The van der Waals surface area contributed by atoms with E-state index >= 15 is 0 Å². The monoisotopic (exact) mass is 428 g/mol. The molecule has 0 aromatic heterocycles. The first kappa shape index (κ1) is 21.0. The fraction of sp³-hybridized carbons (Fsp3) is 0.227. The summed E-state index contributed by atoms with van der Waals surface area (Å²) in [5.41, 5.74) is 1.84. The third kappa shape index (κ3) is 4.33. The number of thiocarbonyl (C=S) groups is 1. The Bertz CT molecular complexity index is 1020. The van der Waals surface area contributed by atoms with Crippen molar-refractivity contribution in [2.45, 2.75) is 33.3 Å². The van der Waals surface area contributed by atoms with Crippen LogP contribution in [0.1, 0.15) is 31.4 Å². The molecule has 1 aliphatic rings. The van der Waals surface area contributed by atoms with Crippen molar-refractivity contribution in [3.05, 3.63) is 64.2 Å². The molecule has 29 heavy (non-hydrogen) atoms. The highest BCUT2D eigenvalue weighted by Crippen LogP contribution is 2.30. The van der Waals surface area contributed by atoms with Gasteiger partial charge in [0, 0.05) is 10.6 Å². The molecule has 1 N–H and O–H groups in total. The summed E-state index contributed by atoms with van der Waals surface area (Å²) >= 11 is 11.5. The number of halogens is 1. The first-order chi connectivity index (χ1) is 13.8. The van der Waals surface area contributed by atoms with Crippen molar-refractivity contribution >= 4 is 52.5 Å². The molecule has 1 aliphatic heterocycles. The van der Waals surface area contributed by atoms with Crippen molar-refractivity contribution in [1.29, 1.82) is 0 Å². The zero-order valence-electron chi connectivity index (χ0n) is 16.4. The number of benzene rings is 2. The summed E-state index contributed by atoms with van der Waals surface area (Å²) < 4.78 is 5.93. The number of hydrogen-bond acceptors (Lipinski definition) is 4. The van der Waals surface area contributed by atoms with E-state index in [1.54, 1.807) is 31.2 Å². The Kier molecular flexibility index (Phi) is 6.35. The Balaban J connectivity index is 2.04. The molecule has 1 unspecified atom stereocenters. The molecule has 150 valence electrons. The minimum atomic E-state index is -0.547. The average molecular weight is 429 g/mol. The van der Waals surface area contributed by atoms with Crippen LogP contribution in [-0.2, 0) is 9.59 Å². The van der Waals surface area contributed by atoms with Crippen LogP contribution in [0, 0.1) is 6.92 Å². The molecule has 5 nitrogen and oxygen atoms in total. The van der Waals surface area contributed by atoms with Gasteiger partial charge in [-0.25, -0.2) is 0 Å². The zero-order chi connectivity index (χ0) is 21.1. The van der Waals surface area contributed by atoms with E-state index in [2.05, 4.69) is 5.32 Å². The Hall–Kier alpha value is -2.70. The predicted molar refractivity (Wildman–Crippen MR) is 119 cm³/mol. The maximum Gasteiger partial charge on any atom is 0.270 e. The SMILES string of the molecule is CCC(C)Oc1ccccc1/C=C1\C(=O)NC(=S)N(c2cccc(Cl)c2C)C1=O. The van der Waals surface area contributed by atoms with Crippen LogP contribution in [-0.4, -0.2) is 23.0 Å². The molecular weight excluding hydrogens is 408 g/mol. The van der Waals surface area contributed by atoms with E-state index in [0.717, 1.165) is 6.42 Å². The first-order valence-corrected chi connectivity index (χ1v) is 10.0. The van der Waals surface area contributed by atoms with Gasteiger partial charge in [-0.2, -0.15) is 0 Å². The lowest BCUT2D eigenvalue weighted by Gasteiger charge is -2.30. The van der Waals surface area contributed by atoms with E-state index in [0.29, 0.717) is 27.6 Å². The quantitative estimate of drug-likeness (QED) is 0.427. The van der Waals surface area contributed by atoms with Gasteiger partial charge < -0.3 is 4.74 Å². The molecule has 0 spiro atoms. The number of nitrogens with zero attached hydrogens (tertiary/aromatic N) is 1. The van der Waals surface area contributed by atoms with Gasteiger partial charge in [-0.15, -0.1) is 0 Å². The third-order valence-corrected chi connectivity index (χ3v) is 5.40. The van der Waals surface area contributed by atoms with Gasteiger partial charge in [0.2, 0.25) is 0 Å². The second-order valence-corrected chi connectivity index (χ2v) is 7.51. The number of ether oxygens (including phenoxy) is 1. The lowest BCUT2D eigenvalue weighted by Crippen LogP contribution is -2.54. The standard InChI is InChI=1S/C22H21ClN2O3S/c1-4-13(2)28-19-11-6-5-8-15(19)12-16-20(26)24-22(29)25(21(16)27)18-10-7-9-17(23)14(18)3/h5-13H,4H2,1-3H3,(H,24,26,29)/b16-12+. The van der Waals surface area contributed by atoms with Crippen LogP contribution in [0.15, 0.2) is 48.0 Å². The van der Waals surface area contributed by atoms with Gasteiger partial charge in [0.15, 0.2) is 5.11 Å². The normalized spacial score (nSPS) is 16.8. The van der Waals surface area contributed by atoms with Crippen molar-refractivity contribution in [3.63, 3.8) is 0 Å². The molecule has 7 heteroatoms. The minimum absolute atomic E-state index is 0.00335. The molecule has 3 rings (SSSR count). The highest BCUT2D eigenvalue weighted by atomic mass is 35.5. The summed E-state index contributed by atoms with van der Waals surface area (Å²) in [5.74, 6) is -0.453. The molecule has 1 atom stereocenters. The van der Waals surface area contributed by atoms with E-state index < -0.39 is 11.8 Å². The number of amides is 2. The topological polar surface area (TPSA) is 58.6 Å². The fourth-order valence-electron chi connectivity index (χ4n) is 2.88. The lowest BCUT2D eigenvalue weighted by molar-refractivity contribution is -0.122. The highest BCUT2D eigenvalue weighted by molar-refractivity contribution is 7.80. The van der Waals surface area contributed by atoms with E-state index in [4.69, 9.17) is 28.6 Å². The molecular formula is C22H21ClN2O3S. The van der Waals surface area contributed by atoms with E-state index in [-0.39, 0.29) is 16.8 Å². The number of carbonyl (C=O) groups excluding carboxylic acids is 2. The third-order valence-electron chi connectivity index (χ3n) is 4.70. The summed E-state index contributed by atoms with van der Waals surface area (Å²) in [7, 11) is 0. The van der Waals surface area contributed by atoms with Crippen molar-refractivity contribution in [2.24, 2.45) is 0 Å². The van der Waals surface area contributed by atoms with E-state index in [1.165, 1.54) is 11.0 Å². The maximum atomic E-state index is 13.2. The molecule has 0 aliphatic carbocycles. The van der Waals surface area contributed by atoms with Gasteiger partial charge in [0.1, 0.15) is 11.3 Å². The highest BCUT2D eigenvalue weighted by Gasteiger charge is 2.35. The summed E-state index contributed by atoms with van der Waals surface area (Å²) in [6.07, 6.45) is 2.37. The molecule has 0 saturated carbocycles. The lowest BCUT2D eigenvalue weighted by atomic mass is 10.1. The second-order valence-electron chi connectivity index (χ2n) is 6.72. The largest absolute Gasteiger partial charge is 0.490 e. The first-order valence-electron chi connectivity index (χ1n) is 9.25. The van der Waals surface area contributed by atoms with Crippen LogP contribution in [0.25, 0.3) is 6.08 Å². The number of para-hydroxylation sites is 1. The summed E-state index contributed by atoms with van der Waals surface area (Å²) in [5, 5.41) is 3.12. The fourth-order valence-corrected chi connectivity index (χ4v) is 3.32. The van der Waals surface area contributed by atoms with E-state index in [1.807, 2.05) is 32.0 Å². The summed E-state index contributed by atoms with van der Waals surface area (Å²) in [4.78, 5) is 27.1. The number of rotatable bonds is 5. The molecule has 2 amide bonds. The molecule has 2 aromatic rings. The minimum Gasteiger partial charge on any atom is -0.490 e. The van der Waals surface area contributed by atoms with Crippen LogP contribution < -0.4 is 15.0 Å². The number of hydrogen-bond donors (Lipinski definition) is 1. The molecule has 0 radical (unpaired) electrons. The van der Waals surface area contributed by atoms with Gasteiger partial charge in [0.25, 0.3) is 11.8 Å². The average Bonchev–Trinajstić information content (AvgIpc) is 2.69. The summed E-state index contributed by atoms with van der Waals surface area (Å²) in [6, 6.07) is 12.5. The van der Waals surface area contributed by atoms with Gasteiger partial charge in [-0.3, -0.25) is 19.8 Å². The number of anilines is 1. The zero-order valence-corrected chi connectivity index (χ0v) is 17.9. The summed E-state index contributed by atoms with van der Waals surface area (Å²) in [6.45, 7) is 5.78. The van der Waals surface area contributed by atoms with E-state index in [9.17, 15) is 9.59 Å². The molecule has 1 fully saturated rings. The van der Waals surface area contributed by atoms with Crippen LogP contribution in [0.3, 0.4) is 0 Å². The molecule has 1 saturated heterocycles. The predicted octanol–water partition coefficient (Wildman–Crippen LogP) is 4.66. The van der Waals surface area contributed by atoms with Crippen LogP contribution in [0.5, 0.6) is 5.75 Å². The van der Waals surface area contributed by atoms with Crippen molar-refractivity contribution in [2.75, 3.05) is 4.90 Å². The second kappa shape index (κ2) is 8.76. The Labute approximate surface area is 180 Å². The van der Waals surface area contributed by atoms with Crippen LogP contribution in [0.4, 0.5) is 5.69 Å². The van der Waals surface area contributed by atoms with Crippen molar-refractivity contribution in [1.82, 2.24) is 5.32 Å². The Morgan fingerprint density at radius 2 is 1.93 bits per heavy atom. The maximum absolute atomic E-state index is 13.2. The van der Waals surface area contributed by atoms with Crippen molar-refractivity contribution in [3.8, 4) is 5.75 Å². The van der Waals surface area contributed by atoms with Crippen LogP contribution >= 0.6 is 23.8 Å². The van der Waals surface area contributed by atoms with Gasteiger partial charge >= 0.3 is 0 Å². The van der Waals surface area contributed by atoms with Gasteiger partial charge in [-0.05, 0) is 62.3 Å².